The van der Waals surface area contributed by atoms with Crippen molar-refractivity contribution in [2.45, 2.75) is 19.0 Å². The molecule has 1 aromatic carbocycles. The van der Waals surface area contributed by atoms with Crippen molar-refractivity contribution in [1.82, 2.24) is 10.3 Å². The molecule has 0 radical (unpaired) electrons. The van der Waals surface area contributed by atoms with Gasteiger partial charge in [0.05, 0.1) is 20.3 Å². The second-order valence-corrected chi connectivity index (χ2v) is 7.19. The first-order valence-corrected chi connectivity index (χ1v) is 9.42. The molecule has 24 heavy (non-hydrogen) atoms. The maximum Gasteiger partial charge on any atom is 0.127 e. The second kappa shape index (κ2) is 8.28. The number of hydrogen-bond donors (Lipinski definition) is 1. The van der Waals surface area contributed by atoms with Gasteiger partial charge in [-0.15, -0.1) is 22.7 Å². The molecule has 3 aromatic rings. The van der Waals surface area contributed by atoms with Crippen molar-refractivity contribution < 1.29 is 9.47 Å². The Kier molecular flexibility index (Phi) is 5.85. The first-order chi connectivity index (χ1) is 11.8. The van der Waals surface area contributed by atoms with Gasteiger partial charge >= 0.3 is 0 Å². The van der Waals surface area contributed by atoms with Gasteiger partial charge < -0.3 is 14.8 Å². The van der Waals surface area contributed by atoms with E-state index in [9.17, 15) is 0 Å². The third-order valence-corrected chi connectivity index (χ3v) is 5.58. The fourth-order valence-electron chi connectivity index (χ4n) is 2.61. The average molecular weight is 361 g/mol. The number of rotatable bonds is 8. The van der Waals surface area contributed by atoms with Gasteiger partial charge in [0.15, 0.2) is 0 Å². The summed E-state index contributed by atoms with van der Waals surface area (Å²) in [4.78, 5) is 5.84. The number of methoxy groups -OCH3 is 2. The molecule has 0 bridgehead atoms. The quantitative estimate of drug-likeness (QED) is 0.651. The smallest absolute Gasteiger partial charge is 0.127 e. The zero-order valence-electron chi connectivity index (χ0n) is 13.7. The molecule has 0 fully saturated rings. The summed E-state index contributed by atoms with van der Waals surface area (Å²) in [7, 11) is 3.37. The van der Waals surface area contributed by atoms with E-state index in [2.05, 4.69) is 27.8 Å². The summed E-state index contributed by atoms with van der Waals surface area (Å²) >= 11 is 3.45. The van der Waals surface area contributed by atoms with Crippen LogP contribution in [0.1, 0.15) is 21.5 Å². The summed E-state index contributed by atoms with van der Waals surface area (Å²) in [6.45, 7) is 0.656. The van der Waals surface area contributed by atoms with Crippen LogP contribution in [0.4, 0.5) is 0 Å². The average Bonchev–Trinajstić information content (AvgIpc) is 3.31. The Morgan fingerprint density at radius 3 is 2.42 bits per heavy atom. The molecule has 1 atom stereocenters. The van der Waals surface area contributed by atoms with E-state index >= 15 is 0 Å². The van der Waals surface area contributed by atoms with E-state index in [0.29, 0.717) is 6.54 Å². The van der Waals surface area contributed by atoms with E-state index in [1.54, 1.807) is 36.9 Å². The fourth-order valence-corrected chi connectivity index (χ4v) is 4.08. The van der Waals surface area contributed by atoms with Crippen molar-refractivity contribution in [3.8, 4) is 11.5 Å². The summed E-state index contributed by atoms with van der Waals surface area (Å²) in [5, 5.41) is 8.84. The number of ether oxygens (including phenoxy) is 2. The van der Waals surface area contributed by atoms with Crippen LogP contribution in [0.2, 0.25) is 0 Å². The van der Waals surface area contributed by atoms with Gasteiger partial charge in [0.25, 0.3) is 0 Å². The highest BCUT2D eigenvalue weighted by molar-refractivity contribution is 7.10. The molecular formula is C18H20N2O2S2. The van der Waals surface area contributed by atoms with Crippen LogP contribution >= 0.6 is 22.7 Å². The van der Waals surface area contributed by atoms with E-state index in [1.807, 2.05) is 29.8 Å². The summed E-state index contributed by atoms with van der Waals surface area (Å²) in [6, 6.07) is 10.3. The van der Waals surface area contributed by atoms with Gasteiger partial charge in [-0.3, -0.25) is 0 Å². The molecule has 2 aromatic heterocycles. The number of nitrogens with zero attached hydrogens (tertiary/aromatic N) is 1. The lowest BCUT2D eigenvalue weighted by molar-refractivity contribution is 0.379. The zero-order valence-corrected chi connectivity index (χ0v) is 15.3. The van der Waals surface area contributed by atoms with Crippen LogP contribution in [-0.2, 0) is 13.0 Å². The first kappa shape index (κ1) is 17.0. The van der Waals surface area contributed by atoms with Crippen molar-refractivity contribution in [3.05, 3.63) is 62.7 Å². The molecule has 1 N–H and O–H groups in total. The fraction of sp³-hybridized carbons (Fsp3) is 0.278. The van der Waals surface area contributed by atoms with E-state index in [-0.39, 0.29) is 6.04 Å². The number of aromatic nitrogens is 1. The van der Waals surface area contributed by atoms with Crippen molar-refractivity contribution >= 4 is 22.7 Å². The van der Waals surface area contributed by atoms with Gasteiger partial charge in [-0.25, -0.2) is 4.98 Å². The zero-order chi connectivity index (χ0) is 16.8. The Balaban J connectivity index is 1.79. The predicted molar refractivity (Wildman–Crippen MR) is 99.3 cm³/mol. The van der Waals surface area contributed by atoms with Crippen molar-refractivity contribution in [1.29, 1.82) is 0 Å². The molecule has 0 saturated carbocycles. The topological polar surface area (TPSA) is 43.4 Å². The standard InChI is InChI=1S/C18H20N2O2S2/c1-21-16-6-3-7-17(22-2)14(16)12-20-15(18-19-8-10-24-18)11-13-5-4-9-23-13/h3-10,15,20H,11-12H2,1-2H3/t15-/m0/s1. The molecule has 6 heteroatoms. The van der Waals surface area contributed by atoms with Gasteiger partial charge in [-0.2, -0.15) is 0 Å². The third-order valence-electron chi connectivity index (χ3n) is 3.79. The lowest BCUT2D eigenvalue weighted by Gasteiger charge is -2.19. The summed E-state index contributed by atoms with van der Waals surface area (Å²) in [5.74, 6) is 1.66. The molecule has 0 aliphatic heterocycles. The van der Waals surface area contributed by atoms with Gasteiger partial charge in [0, 0.05) is 35.0 Å². The SMILES string of the molecule is COc1cccc(OC)c1CN[C@@H](Cc1cccs1)c1nccs1. The van der Waals surface area contributed by atoms with Gasteiger partial charge in [0.2, 0.25) is 0 Å². The van der Waals surface area contributed by atoms with Gasteiger partial charge in [0.1, 0.15) is 16.5 Å². The van der Waals surface area contributed by atoms with Crippen LogP contribution in [-0.4, -0.2) is 19.2 Å². The largest absolute Gasteiger partial charge is 0.496 e. The van der Waals surface area contributed by atoms with E-state index in [4.69, 9.17) is 9.47 Å². The van der Waals surface area contributed by atoms with Crippen molar-refractivity contribution in [2.24, 2.45) is 0 Å². The molecule has 0 unspecified atom stereocenters. The predicted octanol–water partition coefficient (Wildman–Crippen LogP) is 4.30. The van der Waals surface area contributed by atoms with E-state index in [1.165, 1.54) is 4.88 Å². The van der Waals surface area contributed by atoms with E-state index < -0.39 is 0 Å². The minimum Gasteiger partial charge on any atom is -0.496 e. The summed E-state index contributed by atoms with van der Waals surface area (Å²) in [5.41, 5.74) is 1.02. The maximum atomic E-state index is 5.49. The van der Waals surface area contributed by atoms with Gasteiger partial charge in [-0.1, -0.05) is 12.1 Å². The number of benzene rings is 1. The van der Waals surface area contributed by atoms with Crippen LogP contribution in [0, 0.1) is 0 Å². The minimum absolute atomic E-state index is 0.165. The molecule has 0 amide bonds. The van der Waals surface area contributed by atoms with E-state index in [0.717, 1.165) is 28.5 Å². The Morgan fingerprint density at radius 1 is 1.04 bits per heavy atom. The number of thiophene rings is 1. The second-order valence-electron chi connectivity index (χ2n) is 5.23. The third kappa shape index (κ3) is 3.95. The Hall–Kier alpha value is -1.89. The first-order valence-electron chi connectivity index (χ1n) is 7.67. The molecule has 126 valence electrons. The lowest BCUT2D eigenvalue weighted by atomic mass is 10.1. The van der Waals surface area contributed by atoms with Crippen molar-refractivity contribution in [3.63, 3.8) is 0 Å². The summed E-state index contributed by atoms with van der Waals surface area (Å²) < 4.78 is 11.0. The molecule has 0 aliphatic carbocycles. The monoisotopic (exact) mass is 360 g/mol. The number of hydrogen-bond acceptors (Lipinski definition) is 6. The minimum atomic E-state index is 0.165. The molecular weight excluding hydrogens is 340 g/mol. The molecule has 0 aliphatic rings. The molecule has 3 rings (SSSR count). The Labute approximate surface area is 150 Å². The normalized spacial score (nSPS) is 12.1. The number of nitrogens with one attached hydrogen (secondary N) is 1. The Morgan fingerprint density at radius 2 is 1.83 bits per heavy atom. The number of thiazole rings is 1. The highest BCUT2D eigenvalue weighted by Gasteiger charge is 2.17. The summed E-state index contributed by atoms with van der Waals surface area (Å²) in [6.07, 6.45) is 2.77. The Bertz CT molecular complexity index is 720. The van der Waals surface area contributed by atoms with Crippen LogP contribution in [0.5, 0.6) is 11.5 Å². The molecule has 4 nitrogen and oxygen atoms in total. The van der Waals surface area contributed by atoms with Crippen LogP contribution in [0.3, 0.4) is 0 Å². The highest BCUT2D eigenvalue weighted by atomic mass is 32.1. The maximum absolute atomic E-state index is 5.49. The molecule has 2 heterocycles. The highest BCUT2D eigenvalue weighted by Crippen LogP contribution is 2.30. The van der Waals surface area contributed by atoms with Crippen molar-refractivity contribution in [2.75, 3.05) is 14.2 Å². The molecule has 0 spiro atoms. The van der Waals surface area contributed by atoms with Gasteiger partial charge in [-0.05, 0) is 23.6 Å². The van der Waals surface area contributed by atoms with Crippen LogP contribution in [0.15, 0.2) is 47.3 Å². The van der Waals surface area contributed by atoms with Crippen LogP contribution in [0.25, 0.3) is 0 Å². The van der Waals surface area contributed by atoms with Crippen LogP contribution < -0.4 is 14.8 Å². The lowest BCUT2D eigenvalue weighted by Crippen LogP contribution is -2.23. The molecule has 0 saturated heterocycles.